The molecule has 2 aliphatic heterocycles. The molecule has 1 unspecified atom stereocenters. The fourth-order valence-electron chi connectivity index (χ4n) is 5.70. The average Bonchev–Trinajstić information content (AvgIpc) is 3.68. The Hall–Kier alpha value is -3.16. The highest BCUT2D eigenvalue weighted by molar-refractivity contribution is 5.99. The molecule has 3 aromatic rings. The standard InChI is InChI=1S/C28H36FN5O2/c1-3-19(2)21-16-22(20-8-6-13-33(18-20)25(35)9-15-34-14-7-10-30-34)26(29)27-23(21)17-24(31-27)28(36)32-11-4-5-12-32/h7,10,14,16-17,19-20,31H,3-6,8-9,11-13,15,18H2,1-2H3/t19?,20-/m0/s1. The highest BCUT2D eigenvalue weighted by atomic mass is 19.1. The van der Waals surface area contributed by atoms with Crippen LogP contribution in [0, 0.1) is 5.82 Å². The van der Waals surface area contributed by atoms with Crippen molar-refractivity contribution in [3.8, 4) is 0 Å². The molecule has 2 aromatic heterocycles. The number of halogens is 1. The van der Waals surface area contributed by atoms with E-state index in [1.54, 1.807) is 10.9 Å². The molecule has 1 aromatic carbocycles. The molecule has 0 bridgehead atoms. The van der Waals surface area contributed by atoms with E-state index in [4.69, 9.17) is 0 Å². The number of H-pyrrole nitrogens is 1. The van der Waals surface area contributed by atoms with Crippen LogP contribution >= 0.6 is 0 Å². The lowest BCUT2D eigenvalue weighted by Crippen LogP contribution is -2.39. The van der Waals surface area contributed by atoms with Crippen LogP contribution in [0.4, 0.5) is 4.39 Å². The Morgan fingerprint density at radius 1 is 1.17 bits per heavy atom. The molecule has 5 rings (SSSR count). The molecule has 192 valence electrons. The zero-order valence-corrected chi connectivity index (χ0v) is 21.3. The second-order valence-electron chi connectivity index (χ2n) is 10.3. The highest BCUT2D eigenvalue weighted by Crippen LogP contribution is 2.38. The molecule has 7 nitrogen and oxygen atoms in total. The molecule has 0 spiro atoms. The lowest BCUT2D eigenvalue weighted by molar-refractivity contribution is -0.132. The smallest absolute Gasteiger partial charge is 0.270 e. The number of fused-ring (bicyclic) bond motifs is 1. The number of nitrogens with zero attached hydrogens (tertiary/aromatic N) is 4. The maximum atomic E-state index is 16.0. The number of aryl methyl sites for hydroxylation is 1. The molecule has 2 amide bonds. The summed E-state index contributed by atoms with van der Waals surface area (Å²) in [6.45, 7) is 7.55. The van der Waals surface area contributed by atoms with Crippen molar-refractivity contribution in [2.24, 2.45) is 0 Å². The Bertz CT molecular complexity index is 1230. The van der Waals surface area contributed by atoms with Gasteiger partial charge in [0.1, 0.15) is 5.69 Å². The van der Waals surface area contributed by atoms with E-state index in [2.05, 4.69) is 23.9 Å². The zero-order chi connectivity index (χ0) is 25.2. The molecule has 8 heteroatoms. The summed E-state index contributed by atoms with van der Waals surface area (Å²) in [6, 6.07) is 5.70. The predicted molar refractivity (Wildman–Crippen MR) is 137 cm³/mol. The molecule has 2 aliphatic rings. The molecular weight excluding hydrogens is 457 g/mol. The van der Waals surface area contributed by atoms with Gasteiger partial charge in [-0.25, -0.2) is 4.39 Å². The number of nitrogens with one attached hydrogen (secondary N) is 1. The van der Waals surface area contributed by atoms with Gasteiger partial charge in [-0.05, 0) is 61.3 Å². The van der Waals surface area contributed by atoms with E-state index in [1.165, 1.54) is 0 Å². The number of carbonyl (C=O) groups is 2. The van der Waals surface area contributed by atoms with Crippen LogP contribution < -0.4 is 0 Å². The molecular formula is C28H36FN5O2. The first kappa shape index (κ1) is 24.5. The normalized spacial score (nSPS) is 19.2. The van der Waals surface area contributed by atoms with Crippen molar-refractivity contribution in [1.29, 1.82) is 0 Å². The molecule has 2 fully saturated rings. The Morgan fingerprint density at radius 3 is 2.67 bits per heavy atom. The van der Waals surface area contributed by atoms with Crippen LogP contribution in [-0.4, -0.2) is 62.6 Å². The van der Waals surface area contributed by atoms with E-state index in [0.29, 0.717) is 42.8 Å². The first-order valence-corrected chi connectivity index (χ1v) is 13.4. The van der Waals surface area contributed by atoms with Gasteiger partial charge in [-0.15, -0.1) is 0 Å². The van der Waals surface area contributed by atoms with E-state index < -0.39 is 0 Å². The SMILES string of the molecule is CCC(C)c1cc([C@H]2CCCN(C(=O)CCn3cccn3)C2)c(F)c2[nH]c(C(=O)N3CCCC3)cc12. The number of rotatable bonds is 7. The number of benzene rings is 1. The summed E-state index contributed by atoms with van der Waals surface area (Å²) in [5.41, 5.74) is 2.62. The Labute approximate surface area is 211 Å². The van der Waals surface area contributed by atoms with Crippen LogP contribution in [0.15, 0.2) is 30.6 Å². The quantitative estimate of drug-likeness (QED) is 0.501. The van der Waals surface area contributed by atoms with Crippen molar-refractivity contribution in [2.75, 3.05) is 26.2 Å². The molecule has 0 aliphatic carbocycles. The van der Waals surface area contributed by atoms with Crippen LogP contribution in [0.25, 0.3) is 10.9 Å². The summed E-state index contributed by atoms with van der Waals surface area (Å²) < 4.78 is 17.8. The van der Waals surface area contributed by atoms with E-state index in [-0.39, 0.29) is 29.5 Å². The van der Waals surface area contributed by atoms with E-state index >= 15 is 4.39 Å². The van der Waals surface area contributed by atoms with Crippen LogP contribution in [0.1, 0.15) is 85.8 Å². The lowest BCUT2D eigenvalue weighted by atomic mass is 9.85. The van der Waals surface area contributed by atoms with Crippen molar-refractivity contribution >= 4 is 22.7 Å². The number of aromatic nitrogens is 3. The minimum absolute atomic E-state index is 0.0497. The molecule has 4 heterocycles. The second kappa shape index (κ2) is 10.4. The number of hydrogen-bond acceptors (Lipinski definition) is 3. The Kier molecular flexibility index (Phi) is 7.12. The molecule has 2 saturated heterocycles. The topological polar surface area (TPSA) is 74.2 Å². The van der Waals surface area contributed by atoms with Crippen molar-refractivity contribution in [3.05, 3.63) is 53.2 Å². The minimum atomic E-state index is -0.284. The number of hydrogen-bond donors (Lipinski definition) is 1. The van der Waals surface area contributed by atoms with Gasteiger partial charge in [-0.2, -0.15) is 5.10 Å². The predicted octanol–water partition coefficient (Wildman–Crippen LogP) is 5.05. The van der Waals surface area contributed by atoms with E-state index in [9.17, 15) is 9.59 Å². The van der Waals surface area contributed by atoms with Gasteiger partial charge in [0.2, 0.25) is 5.91 Å². The van der Waals surface area contributed by atoms with Gasteiger partial charge in [-0.3, -0.25) is 14.3 Å². The van der Waals surface area contributed by atoms with Crippen LogP contribution in [0.3, 0.4) is 0 Å². The number of aromatic amines is 1. The molecule has 2 atom stereocenters. The number of piperidine rings is 1. The summed E-state index contributed by atoms with van der Waals surface area (Å²) in [5, 5.41) is 4.98. The van der Waals surface area contributed by atoms with Gasteiger partial charge in [0.25, 0.3) is 5.91 Å². The minimum Gasteiger partial charge on any atom is -0.348 e. The fraction of sp³-hybridized carbons (Fsp3) is 0.536. The van der Waals surface area contributed by atoms with Crippen molar-refractivity contribution in [2.45, 2.75) is 70.8 Å². The van der Waals surface area contributed by atoms with Gasteiger partial charge in [0.05, 0.1) is 5.52 Å². The number of amides is 2. The summed E-state index contributed by atoms with van der Waals surface area (Å²) in [4.78, 5) is 32.9. The monoisotopic (exact) mass is 493 g/mol. The first-order chi connectivity index (χ1) is 17.5. The third kappa shape index (κ3) is 4.77. The van der Waals surface area contributed by atoms with E-state index in [1.807, 2.05) is 34.2 Å². The summed E-state index contributed by atoms with van der Waals surface area (Å²) in [6.07, 6.45) is 8.58. The Balaban J connectivity index is 1.43. The average molecular weight is 494 g/mol. The zero-order valence-electron chi connectivity index (χ0n) is 21.3. The van der Waals surface area contributed by atoms with Gasteiger partial charge in [0.15, 0.2) is 5.82 Å². The third-order valence-corrected chi connectivity index (χ3v) is 8.01. The number of likely N-dealkylation sites (tertiary alicyclic amines) is 2. The molecule has 0 radical (unpaired) electrons. The van der Waals surface area contributed by atoms with E-state index in [0.717, 1.165) is 56.1 Å². The number of carbonyl (C=O) groups excluding carboxylic acids is 2. The highest BCUT2D eigenvalue weighted by Gasteiger charge is 2.30. The molecule has 0 saturated carbocycles. The maximum Gasteiger partial charge on any atom is 0.270 e. The first-order valence-electron chi connectivity index (χ1n) is 13.4. The molecule has 1 N–H and O–H groups in total. The van der Waals surface area contributed by atoms with Gasteiger partial charge < -0.3 is 14.8 Å². The summed E-state index contributed by atoms with van der Waals surface area (Å²) >= 11 is 0. The van der Waals surface area contributed by atoms with Crippen molar-refractivity contribution < 1.29 is 14.0 Å². The van der Waals surface area contributed by atoms with Crippen LogP contribution in [0.5, 0.6) is 0 Å². The lowest BCUT2D eigenvalue weighted by Gasteiger charge is -2.33. The maximum absolute atomic E-state index is 16.0. The van der Waals surface area contributed by atoms with Gasteiger partial charge in [0, 0.05) is 62.8 Å². The second-order valence-corrected chi connectivity index (χ2v) is 10.3. The van der Waals surface area contributed by atoms with Crippen LogP contribution in [-0.2, 0) is 11.3 Å². The van der Waals surface area contributed by atoms with Crippen molar-refractivity contribution in [1.82, 2.24) is 24.6 Å². The van der Waals surface area contributed by atoms with Crippen molar-refractivity contribution in [3.63, 3.8) is 0 Å². The van der Waals surface area contributed by atoms with Gasteiger partial charge >= 0.3 is 0 Å². The third-order valence-electron chi connectivity index (χ3n) is 8.01. The summed E-state index contributed by atoms with van der Waals surface area (Å²) in [5.74, 6) is -0.0922. The van der Waals surface area contributed by atoms with Crippen LogP contribution in [0.2, 0.25) is 0 Å². The largest absolute Gasteiger partial charge is 0.348 e. The van der Waals surface area contributed by atoms with Gasteiger partial charge in [-0.1, -0.05) is 19.9 Å². The Morgan fingerprint density at radius 2 is 1.94 bits per heavy atom. The summed E-state index contributed by atoms with van der Waals surface area (Å²) in [7, 11) is 0. The molecule has 36 heavy (non-hydrogen) atoms. The fourth-order valence-corrected chi connectivity index (χ4v) is 5.70.